The molecule has 3 heteroatoms. The van der Waals surface area contributed by atoms with E-state index in [9.17, 15) is 0 Å². The zero-order valence-electron chi connectivity index (χ0n) is 11.8. The van der Waals surface area contributed by atoms with E-state index < -0.39 is 0 Å². The molecular formula is C15H24ClNO. The SMILES string of the molecule is CCNC(COC(C)(C)C)Cc1ccc(Cl)cc1. The second-order valence-corrected chi connectivity index (χ2v) is 5.95. The maximum Gasteiger partial charge on any atom is 0.0629 e. The third-order valence-electron chi connectivity index (χ3n) is 2.61. The van der Waals surface area contributed by atoms with Gasteiger partial charge in [-0.2, -0.15) is 0 Å². The quantitative estimate of drug-likeness (QED) is 0.851. The van der Waals surface area contributed by atoms with Gasteiger partial charge in [-0.15, -0.1) is 0 Å². The molecule has 0 saturated heterocycles. The van der Waals surface area contributed by atoms with E-state index in [-0.39, 0.29) is 5.60 Å². The molecule has 0 radical (unpaired) electrons. The summed E-state index contributed by atoms with van der Waals surface area (Å²) in [7, 11) is 0. The van der Waals surface area contributed by atoms with Crippen molar-refractivity contribution in [2.45, 2.75) is 45.8 Å². The van der Waals surface area contributed by atoms with E-state index in [1.54, 1.807) is 0 Å². The molecule has 1 atom stereocenters. The summed E-state index contributed by atoms with van der Waals surface area (Å²) < 4.78 is 5.85. The molecule has 0 bridgehead atoms. The molecule has 0 heterocycles. The van der Waals surface area contributed by atoms with Crippen LogP contribution in [0.5, 0.6) is 0 Å². The number of benzene rings is 1. The van der Waals surface area contributed by atoms with Crippen molar-refractivity contribution < 1.29 is 4.74 Å². The summed E-state index contributed by atoms with van der Waals surface area (Å²) in [6, 6.07) is 8.36. The maximum absolute atomic E-state index is 5.89. The van der Waals surface area contributed by atoms with Gasteiger partial charge in [0, 0.05) is 11.1 Å². The normalized spacial score (nSPS) is 13.6. The van der Waals surface area contributed by atoms with Crippen LogP contribution >= 0.6 is 11.6 Å². The molecule has 0 fully saturated rings. The fourth-order valence-corrected chi connectivity index (χ4v) is 1.86. The summed E-state index contributed by atoms with van der Waals surface area (Å²) >= 11 is 5.89. The molecule has 1 unspecified atom stereocenters. The fraction of sp³-hybridized carbons (Fsp3) is 0.600. The minimum absolute atomic E-state index is 0.0896. The molecule has 0 amide bonds. The van der Waals surface area contributed by atoms with Gasteiger partial charge in [-0.25, -0.2) is 0 Å². The molecule has 0 aliphatic rings. The number of rotatable bonds is 6. The highest BCUT2D eigenvalue weighted by molar-refractivity contribution is 6.30. The Labute approximate surface area is 116 Å². The molecule has 18 heavy (non-hydrogen) atoms. The van der Waals surface area contributed by atoms with E-state index in [4.69, 9.17) is 16.3 Å². The molecule has 1 aromatic rings. The molecule has 2 nitrogen and oxygen atoms in total. The van der Waals surface area contributed by atoms with Crippen LogP contribution < -0.4 is 5.32 Å². The van der Waals surface area contributed by atoms with E-state index in [0.29, 0.717) is 6.04 Å². The van der Waals surface area contributed by atoms with Crippen molar-refractivity contribution in [3.8, 4) is 0 Å². The number of nitrogens with one attached hydrogen (secondary N) is 1. The monoisotopic (exact) mass is 269 g/mol. The van der Waals surface area contributed by atoms with Gasteiger partial charge in [0.05, 0.1) is 12.2 Å². The largest absolute Gasteiger partial charge is 0.374 e. The molecule has 0 aliphatic carbocycles. The van der Waals surface area contributed by atoms with Crippen molar-refractivity contribution in [1.29, 1.82) is 0 Å². The third kappa shape index (κ3) is 6.39. The molecule has 0 aromatic heterocycles. The number of hydrogen-bond donors (Lipinski definition) is 1. The van der Waals surface area contributed by atoms with Gasteiger partial charge in [0.25, 0.3) is 0 Å². The van der Waals surface area contributed by atoms with Gasteiger partial charge in [0.15, 0.2) is 0 Å². The predicted octanol–water partition coefficient (Wildman–Crippen LogP) is 3.68. The molecule has 0 spiro atoms. The second kappa shape index (κ2) is 7.13. The molecular weight excluding hydrogens is 246 g/mol. The summed E-state index contributed by atoms with van der Waals surface area (Å²) in [5.41, 5.74) is 1.19. The minimum Gasteiger partial charge on any atom is -0.374 e. The Kier molecular flexibility index (Phi) is 6.13. The first-order valence-corrected chi connectivity index (χ1v) is 6.90. The van der Waals surface area contributed by atoms with Gasteiger partial charge in [0.2, 0.25) is 0 Å². The summed E-state index contributed by atoms with van der Waals surface area (Å²) in [4.78, 5) is 0. The Morgan fingerprint density at radius 2 is 1.83 bits per heavy atom. The molecule has 1 N–H and O–H groups in total. The first-order chi connectivity index (χ1) is 8.40. The van der Waals surface area contributed by atoms with Crippen molar-refractivity contribution in [3.63, 3.8) is 0 Å². The van der Waals surface area contributed by atoms with Crippen LogP contribution in [0.25, 0.3) is 0 Å². The highest BCUT2D eigenvalue weighted by Crippen LogP contribution is 2.13. The van der Waals surface area contributed by atoms with Crippen molar-refractivity contribution >= 4 is 11.6 Å². The fourth-order valence-electron chi connectivity index (χ4n) is 1.73. The Morgan fingerprint density at radius 1 is 1.22 bits per heavy atom. The second-order valence-electron chi connectivity index (χ2n) is 5.51. The van der Waals surface area contributed by atoms with E-state index in [2.05, 4.69) is 45.1 Å². The third-order valence-corrected chi connectivity index (χ3v) is 2.86. The average Bonchev–Trinajstić information content (AvgIpc) is 2.28. The smallest absolute Gasteiger partial charge is 0.0629 e. The number of ether oxygens (including phenoxy) is 1. The Bertz CT molecular complexity index is 343. The van der Waals surface area contributed by atoms with E-state index in [0.717, 1.165) is 24.6 Å². The van der Waals surface area contributed by atoms with Crippen LogP contribution in [0.3, 0.4) is 0 Å². The lowest BCUT2D eigenvalue weighted by Crippen LogP contribution is -2.38. The Morgan fingerprint density at radius 3 is 2.33 bits per heavy atom. The van der Waals surface area contributed by atoms with E-state index >= 15 is 0 Å². The lowest BCUT2D eigenvalue weighted by molar-refractivity contribution is -0.0141. The van der Waals surface area contributed by atoms with Gasteiger partial charge in [0.1, 0.15) is 0 Å². The number of likely N-dealkylation sites (N-methyl/N-ethyl adjacent to an activating group) is 1. The van der Waals surface area contributed by atoms with Crippen LogP contribution in [0.2, 0.25) is 5.02 Å². The summed E-state index contributed by atoms with van der Waals surface area (Å²) in [6.07, 6.45) is 0.959. The van der Waals surface area contributed by atoms with Crippen LogP contribution in [-0.2, 0) is 11.2 Å². The van der Waals surface area contributed by atoms with Gasteiger partial charge in [-0.05, 0) is 51.4 Å². The molecule has 1 aromatic carbocycles. The van der Waals surface area contributed by atoms with Crippen LogP contribution in [0.15, 0.2) is 24.3 Å². The lowest BCUT2D eigenvalue weighted by atomic mass is 10.1. The van der Waals surface area contributed by atoms with Crippen molar-refractivity contribution in [2.24, 2.45) is 0 Å². The van der Waals surface area contributed by atoms with Gasteiger partial charge in [-0.1, -0.05) is 30.7 Å². The molecule has 0 aliphatic heterocycles. The zero-order chi connectivity index (χ0) is 13.6. The summed E-state index contributed by atoms with van der Waals surface area (Å²) in [6.45, 7) is 10.0. The summed E-state index contributed by atoms with van der Waals surface area (Å²) in [5, 5.41) is 4.24. The predicted molar refractivity (Wildman–Crippen MR) is 78.3 cm³/mol. The van der Waals surface area contributed by atoms with Crippen molar-refractivity contribution in [1.82, 2.24) is 5.32 Å². The first kappa shape index (κ1) is 15.5. The van der Waals surface area contributed by atoms with E-state index in [1.165, 1.54) is 5.56 Å². The number of hydrogen-bond acceptors (Lipinski definition) is 2. The zero-order valence-corrected chi connectivity index (χ0v) is 12.6. The van der Waals surface area contributed by atoms with Crippen LogP contribution in [-0.4, -0.2) is 24.8 Å². The Hall–Kier alpha value is -0.570. The van der Waals surface area contributed by atoms with E-state index in [1.807, 2.05) is 12.1 Å². The van der Waals surface area contributed by atoms with Gasteiger partial charge in [-0.3, -0.25) is 0 Å². The van der Waals surface area contributed by atoms with Crippen LogP contribution in [0.1, 0.15) is 33.3 Å². The minimum atomic E-state index is -0.0896. The lowest BCUT2D eigenvalue weighted by Gasteiger charge is -2.25. The molecule has 102 valence electrons. The standard InChI is InChI=1S/C15H24ClNO/c1-5-17-14(11-18-15(2,3)4)10-12-6-8-13(16)9-7-12/h6-9,14,17H,5,10-11H2,1-4H3. The average molecular weight is 270 g/mol. The van der Waals surface area contributed by atoms with Gasteiger partial charge < -0.3 is 10.1 Å². The maximum atomic E-state index is 5.89. The number of halogens is 1. The summed E-state index contributed by atoms with van der Waals surface area (Å²) in [5.74, 6) is 0. The first-order valence-electron chi connectivity index (χ1n) is 6.52. The highest BCUT2D eigenvalue weighted by atomic mass is 35.5. The highest BCUT2D eigenvalue weighted by Gasteiger charge is 2.15. The van der Waals surface area contributed by atoms with Crippen molar-refractivity contribution in [2.75, 3.05) is 13.2 Å². The Balaban J connectivity index is 2.54. The van der Waals surface area contributed by atoms with Crippen LogP contribution in [0.4, 0.5) is 0 Å². The van der Waals surface area contributed by atoms with Gasteiger partial charge >= 0.3 is 0 Å². The molecule has 1 rings (SSSR count). The topological polar surface area (TPSA) is 21.3 Å². The van der Waals surface area contributed by atoms with Crippen LogP contribution in [0, 0.1) is 0 Å². The molecule has 0 saturated carbocycles. The van der Waals surface area contributed by atoms with Crippen molar-refractivity contribution in [3.05, 3.63) is 34.9 Å².